The molecule has 0 saturated carbocycles. The molecule has 3 rings (SSSR count). The Hall–Kier alpha value is -1.68. The van der Waals surface area contributed by atoms with Crippen molar-refractivity contribution in [2.24, 2.45) is 0 Å². The van der Waals surface area contributed by atoms with Gasteiger partial charge in [0, 0.05) is 18.0 Å². The Bertz CT molecular complexity index is 588. The van der Waals surface area contributed by atoms with E-state index in [2.05, 4.69) is 16.2 Å². The van der Waals surface area contributed by atoms with Gasteiger partial charge in [0.1, 0.15) is 6.10 Å². The van der Waals surface area contributed by atoms with E-state index in [1.807, 2.05) is 0 Å². The molecule has 1 N–H and O–H groups in total. The zero-order valence-electron chi connectivity index (χ0n) is 11.0. The lowest BCUT2D eigenvalue weighted by atomic mass is 9.93. The first-order valence-corrected chi connectivity index (χ1v) is 7.00. The molecule has 0 aliphatic heterocycles. The van der Waals surface area contributed by atoms with E-state index in [-0.39, 0.29) is 0 Å². The van der Waals surface area contributed by atoms with Gasteiger partial charge in [-0.25, -0.2) is 4.52 Å². The Morgan fingerprint density at radius 2 is 2.05 bits per heavy atom. The number of allylic oxidation sites excluding steroid dienone is 1. The van der Waals surface area contributed by atoms with Crippen molar-refractivity contribution in [1.29, 1.82) is 0 Å². The molecule has 1 aliphatic carbocycles. The second kappa shape index (κ2) is 5.53. The molecule has 0 spiro atoms. The Labute approximate surface area is 112 Å². The number of aromatic nitrogens is 3. The molecule has 2 heterocycles. The fourth-order valence-electron chi connectivity index (χ4n) is 2.73. The quantitative estimate of drug-likeness (QED) is 0.841. The molecule has 0 radical (unpaired) electrons. The van der Waals surface area contributed by atoms with E-state index >= 15 is 0 Å². The van der Waals surface area contributed by atoms with Crippen LogP contribution in [0.25, 0.3) is 5.52 Å². The molecule has 2 aromatic heterocycles. The molecule has 4 nitrogen and oxygen atoms in total. The maximum Gasteiger partial charge on any atom is 0.104 e. The third-order valence-corrected chi connectivity index (χ3v) is 3.83. The first-order valence-electron chi connectivity index (χ1n) is 7.00. The average Bonchev–Trinajstić information content (AvgIpc) is 2.81. The lowest BCUT2D eigenvalue weighted by molar-refractivity contribution is 0.210. The highest BCUT2D eigenvalue weighted by Gasteiger charge is 2.18. The summed E-state index contributed by atoms with van der Waals surface area (Å²) in [5.74, 6) is 0. The summed E-state index contributed by atoms with van der Waals surface area (Å²) in [7, 11) is 0. The molecule has 0 fully saturated rings. The monoisotopic (exact) mass is 257 g/mol. The highest BCUT2D eigenvalue weighted by molar-refractivity contribution is 5.54. The first-order chi connectivity index (χ1) is 9.36. The van der Waals surface area contributed by atoms with Gasteiger partial charge in [-0.2, -0.15) is 5.10 Å². The molecule has 1 unspecified atom stereocenters. The maximum absolute atomic E-state index is 10.6. The number of rotatable bonds is 2. The summed E-state index contributed by atoms with van der Waals surface area (Å²) in [5, 5.41) is 14.9. The highest BCUT2D eigenvalue weighted by atomic mass is 16.3. The van der Waals surface area contributed by atoms with Gasteiger partial charge in [-0.05, 0) is 31.3 Å². The van der Waals surface area contributed by atoms with Crippen LogP contribution in [0, 0.1) is 0 Å². The summed E-state index contributed by atoms with van der Waals surface area (Å²) in [4.78, 5) is 4.12. The number of hydrogen-bond acceptors (Lipinski definition) is 3. The van der Waals surface area contributed by atoms with E-state index in [0.29, 0.717) is 0 Å². The molecule has 4 heteroatoms. The minimum atomic E-state index is -0.542. The number of hydrogen-bond donors (Lipinski definition) is 1. The van der Waals surface area contributed by atoms with Crippen LogP contribution in [0.1, 0.15) is 50.2 Å². The van der Waals surface area contributed by atoms with Crippen molar-refractivity contribution in [1.82, 2.24) is 14.6 Å². The lowest BCUT2D eigenvalue weighted by Crippen LogP contribution is -2.03. The zero-order chi connectivity index (χ0) is 13.1. The third-order valence-electron chi connectivity index (χ3n) is 3.83. The first kappa shape index (κ1) is 12.4. The lowest BCUT2D eigenvalue weighted by Gasteiger charge is -2.16. The van der Waals surface area contributed by atoms with Gasteiger partial charge in [-0.1, -0.05) is 18.9 Å². The Kier molecular flexibility index (Phi) is 3.60. The SMILES string of the molecule is OC(/C1=C/CCCCCC1)c1cnn2ccncc12. The molecule has 0 amide bonds. The Morgan fingerprint density at radius 3 is 3.00 bits per heavy atom. The highest BCUT2D eigenvalue weighted by Crippen LogP contribution is 2.30. The largest absolute Gasteiger partial charge is 0.384 e. The van der Waals surface area contributed by atoms with Crippen molar-refractivity contribution in [2.75, 3.05) is 0 Å². The molecule has 0 saturated heterocycles. The summed E-state index contributed by atoms with van der Waals surface area (Å²) in [6.45, 7) is 0. The van der Waals surface area contributed by atoms with Crippen molar-refractivity contribution < 1.29 is 5.11 Å². The third kappa shape index (κ3) is 2.54. The molecular formula is C15H19N3O. The van der Waals surface area contributed by atoms with E-state index in [0.717, 1.165) is 29.5 Å². The molecule has 19 heavy (non-hydrogen) atoms. The maximum atomic E-state index is 10.6. The molecule has 1 aliphatic rings. The molecule has 100 valence electrons. The second-order valence-electron chi connectivity index (χ2n) is 5.14. The van der Waals surface area contributed by atoms with E-state index in [1.165, 1.54) is 25.7 Å². The van der Waals surface area contributed by atoms with Gasteiger partial charge in [0.2, 0.25) is 0 Å². The number of aliphatic hydroxyl groups is 1. The second-order valence-corrected chi connectivity index (χ2v) is 5.14. The van der Waals surface area contributed by atoms with Crippen LogP contribution in [-0.2, 0) is 0 Å². The van der Waals surface area contributed by atoms with Crippen molar-refractivity contribution in [3.05, 3.63) is 42.0 Å². The summed E-state index contributed by atoms with van der Waals surface area (Å²) < 4.78 is 1.76. The zero-order valence-corrected chi connectivity index (χ0v) is 11.0. The summed E-state index contributed by atoms with van der Waals surface area (Å²) in [5.41, 5.74) is 2.89. The predicted octanol–water partition coefficient (Wildman–Crippen LogP) is 3.04. The number of nitrogens with zero attached hydrogens (tertiary/aromatic N) is 3. The van der Waals surface area contributed by atoms with Gasteiger partial charge in [0.25, 0.3) is 0 Å². The predicted molar refractivity (Wildman–Crippen MR) is 73.7 cm³/mol. The minimum Gasteiger partial charge on any atom is -0.384 e. The van der Waals surface area contributed by atoms with Gasteiger partial charge in [-0.3, -0.25) is 4.98 Å². The van der Waals surface area contributed by atoms with Crippen molar-refractivity contribution in [3.63, 3.8) is 0 Å². The summed E-state index contributed by atoms with van der Waals surface area (Å²) >= 11 is 0. The van der Waals surface area contributed by atoms with E-state index in [9.17, 15) is 5.11 Å². The fourth-order valence-corrected chi connectivity index (χ4v) is 2.73. The molecule has 0 bridgehead atoms. The smallest absolute Gasteiger partial charge is 0.104 e. The van der Waals surface area contributed by atoms with E-state index in [4.69, 9.17) is 0 Å². The molecule has 2 aromatic rings. The van der Waals surface area contributed by atoms with Crippen LogP contribution < -0.4 is 0 Å². The van der Waals surface area contributed by atoms with Crippen LogP contribution >= 0.6 is 0 Å². The summed E-state index contributed by atoms with van der Waals surface area (Å²) in [6, 6.07) is 0. The normalized spacial score (nSPS) is 21.4. The van der Waals surface area contributed by atoms with Gasteiger partial charge in [0.05, 0.1) is 17.9 Å². The van der Waals surface area contributed by atoms with E-state index < -0.39 is 6.10 Å². The summed E-state index contributed by atoms with van der Waals surface area (Å²) in [6.07, 6.45) is 15.7. The van der Waals surface area contributed by atoms with Crippen LogP contribution in [0.15, 0.2) is 36.4 Å². The molecule has 1 atom stereocenters. The topological polar surface area (TPSA) is 50.4 Å². The molecule has 0 aromatic carbocycles. The fraction of sp³-hybridized carbons (Fsp3) is 0.467. The van der Waals surface area contributed by atoms with E-state index in [1.54, 1.807) is 29.3 Å². The number of fused-ring (bicyclic) bond motifs is 1. The average molecular weight is 257 g/mol. The molecular weight excluding hydrogens is 238 g/mol. The van der Waals surface area contributed by atoms with Crippen molar-refractivity contribution in [2.45, 2.75) is 44.6 Å². The van der Waals surface area contributed by atoms with Crippen LogP contribution in [-0.4, -0.2) is 19.7 Å². The van der Waals surface area contributed by atoms with Gasteiger partial charge >= 0.3 is 0 Å². The van der Waals surface area contributed by atoms with Crippen LogP contribution in [0.3, 0.4) is 0 Å². The standard InChI is InChI=1S/C15H19N3O/c19-15(12-6-4-2-1-3-5-7-12)13-10-17-18-9-8-16-11-14(13)18/h6,8-11,15,19H,1-5,7H2/b12-6+. The van der Waals surface area contributed by atoms with Crippen LogP contribution in [0.5, 0.6) is 0 Å². The van der Waals surface area contributed by atoms with Gasteiger partial charge in [0.15, 0.2) is 0 Å². The number of aliphatic hydroxyl groups excluding tert-OH is 1. The van der Waals surface area contributed by atoms with Gasteiger partial charge < -0.3 is 5.11 Å². The van der Waals surface area contributed by atoms with Crippen LogP contribution in [0.4, 0.5) is 0 Å². The Balaban J connectivity index is 1.92. The van der Waals surface area contributed by atoms with Gasteiger partial charge in [-0.15, -0.1) is 0 Å². The van der Waals surface area contributed by atoms with Crippen molar-refractivity contribution >= 4 is 5.52 Å². The van der Waals surface area contributed by atoms with Crippen LogP contribution in [0.2, 0.25) is 0 Å². The minimum absolute atomic E-state index is 0.542. The van der Waals surface area contributed by atoms with Crippen molar-refractivity contribution in [3.8, 4) is 0 Å². The Morgan fingerprint density at radius 1 is 1.16 bits per heavy atom.